The van der Waals surface area contributed by atoms with Gasteiger partial charge in [0, 0.05) is 25.7 Å². The van der Waals surface area contributed by atoms with Crippen molar-refractivity contribution < 1.29 is 4.79 Å². The summed E-state index contributed by atoms with van der Waals surface area (Å²) in [5, 5.41) is 10.2. The molecule has 0 aromatic carbocycles. The fourth-order valence-electron chi connectivity index (χ4n) is 1.65. The first-order valence-electron chi connectivity index (χ1n) is 4.79. The molecule has 1 aliphatic rings. The third-order valence-electron chi connectivity index (χ3n) is 2.32. The first-order valence-corrected chi connectivity index (χ1v) is 4.79. The van der Waals surface area contributed by atoms with Crippen LogP contribution in [0, 0.1) is 0 Å². The molecule has 2 rings (SSSR count). The van der Waals surface area contributed by atoms with Gasteiger partial charge in [-0.2, -0.15) is 5.10 Å². The summed E-state index contributed by atoms with van der Waals surface area (Å²) in [6.07, 6.45) is 3.00. The summed E-state index contributed by atoms with van der Waals surface area (Å²) in [5.74, 6) is 0.546. The van der Waals surface area contributed by atoms with Crippen LogP contribution in [0.5, 0.6) is 0 Å². The lowest BCUT2D eigenvalue weighted by molar-refractivity contribution is -0.114. The highest BCUT2D eigenvalue weighted by Gasteiger charge is 2.16. The Kier molecular flexibility index (Phi) is 4.11. The van der Waals surface area contributed by atoms with E-state index in [9.17, 15) is 4.79 Å². The SMILES string of the molecule is CC(=O)Nc1ccn(C2CCNC2)n1.Cl. The molecule has 1 aliphatic heterocycles. The molecule has 5 nitrogen and oxygen atoms in total. The molecule has 1 saturated heterocycles. The maximum Gasteiger partial charge on any atom is 0.222 e. The zero-order valence-electron chi connectivity index (χ0n) is 8.56. The van der Waals surface area contributed by atoms with E-state index in [1.54, 1.807) is 0 Å². The van der Waals surface area contributed by atoms with Crippen molar-refractivity contribution in [2.45, 2.75) is 19.4 Å². The number of carbonyl (C=O) groups excluding carboxylic acids is 1. The zero-order chi connectivity index (χ0) is 9.97. The van der Waals surface area contributed by atoms with E-state index in [1.165, 1.54) is 6.92 Å². The molecule has 0 spiro atoms. The van der Waals surface area contributed by atoms with Crippen LogP contribution >= 0.6 is 12.4 Å². The lowest BCUT2D eigenvalue weighted by Gasteiger charge is -2.07. The van der Waals surface area contributed by atoms with Crippen LogP contribution in [0.3, 0.4) is 0 Å². The second-order valence-corrected chi connectivity index (χ2v) is 3.51. The van der Waals surface area contributed by atoms with Gasteiger partial charge in [-0.3, -0.25) is 9.48 Å². The molecule has 0 aliphatic carbocycles. The Labute approximate surface area is 94.6 Å². The van der Waals surface area contributed by atoms with Crippen molar-refractivity contribution >= 4 is 24.1 Å². The summed E-state index contributed by atoms with van der Waals surface area (Å²) in [5.41, 5.74) is 0. The molecule has 0 radical (unpaired) electrons. The Morgan fingerprint density at radius 3 is 3.13 bits per heavy atom. The molecule has 1 aromatic rings. The molecule has 84 valence electrons. The van der Waals surface area contributed by atoms with Crippen molar-refractivity contribution in [3.63, 3.8) is 0 Å². The van der Waals surface area contributed by atoms with Crippen LogP contribution in [0.15, 0.2) is 12.3 Å². The number of aromatic nitrogens is 2. The molecule has 1 atom stereocenters. The number of nitrogens with one attached hydrogen (secondary N) is 2. The van der Waals surface area contributed by atoms with E-state index in [0.717, 1.165) is 19.5 Å². The van der Waals surface area contributed by atoms with Gasteiger partial charge >= 0.3 is 0 Å². The molecule has 0 saturated carbocycles. The number of amides is 1. The summed E-state index contributed by atoms with van der Waals surface area (Å²) in [7, 11) is 0. The van der Waals surface area contributed by atoms with E-state index < -0.39 is 0 Å². The van der Waals surface area contributed by atoms with Crippen molar-refractivity contribution in [1.82, 2.24) is 15.1 Å². The molecule has 15 heavy (non-hydrogen) atoms. The smallest absolute Gasteiger partial charge is 0.222 e. The average molecular weight is 231 g/mol. The van der Waals surface area contributed by atoms with Crippen LogP contribution in [0.1, 0.15) is 19.4 Å². The summed E-state index contributed by atoms with van der Waals surface area (Å²) < 4.78 is 1.91. The Hall–Kier alpha value is -1.07. The van der Waals surface area contributed by atoms with Crippen molar-refractivity contribution in [1.29, 1.82) is 0 Å². The molecule has 2 heterocycles. The molecule has 1 unspecified atom stereocenters. The largest absolute Gasteiger partial charge is 0.315 e. The van der Waals surface area contributed by atoms with Crippen LogP contribution in [0.4, 0.5) is 5.82 Å². The van der Waals surface area contributed by atoms with Gasteiger partial charge in [0.25, 0.3) is 0 Å². The van der Waals surface area contributed by atoms with Crippen LogP contribution < -0.4 is 10.6 Å². The van der Waals surface area contributed by atoms with Gasteiger partial charge in [0.05, 0.1) is 6.04 Å². The number of halogens is 1. The quantitative estimate of drug-likeness (QED) is 0.790. The first kappa shape index (κ1) is 12.0. The zero-order valence-corrected chi connectivity index (χ0v) is 9.38. The maximum atomic E-state index is 10.8. The minimum absolute atomic E-state index is 0. The van der Waals surface area contributed by atoms with Crippen molar-refractivity contribution in [3.8, 4) is 0 Å². The third-order valence-corrected chi connectivity index (χ3v) is 2.32. The van der Waals surface area contributed by atoms with Gasteiger partial charge in [-0.05, 0) is 13.0 Å². The Morgan fingerprint density at radius 2 is 2.53 bits per heavy atom. The van der Waals surface area contributed by atoms with Gasteiger partial charge in [-0.15, -0.1) is 12.4 Å². The van der Waals surface area contributed by atoms with Gasteiger partial charge in [-0.1, -0.05) is 0 Å². The number of rotatable bonds is 2. The standard InChI is InChI=1S/C9H14N4O.ClH/c1-7(14)11-9-3-5-13(12-9)8-2-4-10-6-8;/h3,5,8,10H,2,4,6H2,1H3,(H,11,12,14);1H. The highest BCUT2D eigenvalue weighted by Crippen LogP contribution is 2.15. The molecule has 1 aromatic heterocycles. The number of nitrogens with zero attached hydrogens (tertiary/aromatic N) is 2. The lowest BCUT2D eigenvalue weighted by atomic mass is 10.3. The van der Waals surface area contributed by atoms with E-state index in [2.05, 4.69) is 15.7 Å². The normalized spacial score (nSPS) is 19.7. The molecule has 6 heteroatoms. The predicted octanol–water partition coefficient (Wildman–Crippen LogP) is 0.798. The summed E-state index contributed by atoms with van der Waals surface area (Å²) >= 11 is 0. The van der Waals surface area contributed by atoms with Crippen molar-refractivity contribution in [2.24, 2.45) is 0 Å². The molecule has 1 amide bonds. The van der Waals surface area contributed by atoms with Gasteiger partial charge in [0.15, 0.2) is 5.82 Å². The van der Waals surface area contributed by atoms with Crippen LogP contribution in [0.25, 0.3) is 0 Å². The second kappa shape index (κ2) is 5.14. The average Bonchev–Trinajstić information content (AvgIpc) is 2.69. The molecule has 0 bridgehead atoms. The van der Waals surface area contributed by atoms with Gasteiger partial charge < -0.3 is 10.6 Å². The first-order chi connectivity index (χ1) is 6.75. The summed E-state index contributed by atoms with van der Waals surface area (Å²) in [4.78, 5) is 10.8. The van der Waals surface area contributed by atoms with E-state index >= 15 is 0 Å². The van der Waals surface area contributed by atoms with E-state index in [1.807, 2.05) is 16.9 Å². The van der Waals surface area contributed by atoms with Gasteiger partial charge in [-0.25, -0.2) is 0 Å². The molecular formula is C9H15ClN4O. The van der Waals surface area contributed by atoms with E-state index in [-0.39, 0.29) is 18.3 Å². The van der Waals surface area contributed by atoms with E-state index in [0.29, 0.717) is 11.9 Å². The minimum Gasteiger partial charge on any atom is -0.315 e. The highest BCUT2D eigenvalue weighted by molar-refractivity contribution is 5.87. The Bertz CT molecular complexity index is 333. The lowest BCUT2D eigenvalue weighted by Crippen LogP contribution is -2.14. The monoisotopic (exact) mass is 230 g/mol. The van der Waals surface area contributed by atoms with E-state index in [4.69, 9.17) is 0 Å². The maximum absolute atomic E-state index is 10.8. The topological polar surface area (TPSA) is 59.0 Å². The summed E-state index contributed by atoms with van der Waals surface area (Å²) in [6.45, 7) is 3.48. The molecule has 1 fully saturated rings. The highest BCUT2D eigenvalue weighted by atomic mass is 35.5. The molecular weight excluding hydrogens is 216 g/mol. The van der Waals surface area contributed by atoms with Crippen LogP contribution in [-0.2, 0) is 4.79 Å². The summed E-state index contributed by atoms with van der Waals surface area (Å²) in [6, 6.07) is 2.25. The van der Waals surface area contributed by atoms with Gasteiger partial charge in [0.1, 0.15) is 0 Å². The van der Waals surface area contributed by atoms with Crippen molar-refractivity contribution in [3.05, 3.63) is 12.3 Å². The third kappa shape index (κ3) is 2.94. The number of carbonyl (C=O) groups is 1. The molecule has 2 N–H and O–H groups in total. The van der Waals surface area contributed by atoms with Crippen LogP contribution in [0.2, 0.25) is 0 Å². The van der Waals surface area contributed by atoms with Crippen molar-refractivity contribution in [2.75, 3.05) is 18.4 Å². The van der Waals surface area contributed by atoms with Crippen LogP contribution in [-0.4, -0.2) is 28.8 Å². The fourth-order valence-corrected chi connectivity index (χ4v) is 1.65. The minimum atomic E-state index is -0.0835. The number of hydrogen-bond acceptors (Lipinski definition) is 3. The Morgan fingerprint density at radius 1 is 1.73 bits per heavy atom. The second-order valence-electron chi connectivity index (χ2n) is 3.51. The van der Waals surface area contributed by atoms with Gasteiger partial charge in [0.2, 0.25) is 5.91 Å². The fraction of sp³-hybridized carbons (Fsp3) is 0.556. The number of anilines is 1. The number of hydrogen-bond donors (Lipinski definition) is 2. The Balaban J connectivity index is 0.00000112. The predicted molar refractivity (Wildman–Crippen MR) is 60.3 cm³/mol.